The molecule has 1 heterocycles. The number of nitrogens with one attached hydrogen (secondary N) is 1. The van der Waals surface area contributed by atoms with Crippen molar-refractivity contribution in [2.24, 2.45) is 5.73 Å². The summed E-state index contributed by atoms with van der Waals surface area (Å²) in [7, 11) is 0. The molecule has 4 N–H and O–H groups in total. The standard InChI is InChI=1S/C11H16N2O/c12-7-8-3-4-11(14)9(6-8)10-2-1-5-13-10/h3-4,6,10,13-14H,1-2,5,7,12H2. The molecule has 3 nitrogen and oxygen atoms in total. The van der Waals surface area contributed by atoms with Gasteiger partial charge in [0.05, 0.1) is 0 Å². The normalized spacial score (nSPS) is 21.4. The number of phenols is 1. The van der Waals surface area contributed by atoms with E-state index in [1.54, 1.807) is 6.07 Å². The van der Waals surface area contributed by atoms with Crippen molar-refractivity contribution in [2.75, 3.05) is 6.54 Å². The summed E-state index contributed by atoms with van der Waals surface area (Å²) in [6, 6.07) is 5.91. The summed E-state index contributed by atoms with van der Waals surface area (Å²) in [4.78, 5) is 0. The van der Waals surface area contributed by atoms with Crippen LogP contribution in [0.15, 0.2) is 18.2 Å². The van der Waals surface area contributed by atoms with Crippen LogP contribution in [0.5, 0.6) is 5.75 Å². The van der Waals surface area contributed by atoms with E-state index in [9.17, 15) is 5.11 Å². The molecule has 1 aliphatic heterocycles. The van der Waals surface area contributed by atoms with Gasteiger partial charge in [-0.2, -0.15) is 0 Å². The summed E-state index contributed by atoms with van der Waals surface area (Å²) < 4.78 is 0. The fraction of sp³-hybridized carbons (Fsp3) is 0.455. The van der Waals surface area contributed by atoms with Crippen molar-refractivity contribution in [3.8, 4) is 5.75 Å². The molecule has 1 aromatic carbocycles. The van der Waals surface area contributed by atoms with Crippen LogP contribution < -0.4 is 11.1 Å². The highest BCUT2D eigenvalue weighted by Gasteiger charge is 2.19. The second kappa shape index (κ2) is 3.98. The zero-order valence-corrected chi connectivity index (χ0v) is 8.16. The van der Waals surface area contributed by atoms with Crippen molar-refractivity contribution in [1.82, 2.24) is 5.32 Å². The predicted molar refractivity (Wildman–Crippen MR) is 56.0 cm³/mol. The van der Waals surface area contributed by atoms with Crippen molar-refractivity contribution in [3.63, 3.8) is 0 Å². The third kappa shape index (κ3) is 1.74. The highest BCUT2D eigenvalue weighted by Crippen LogP contribution is 2.30. The quantitative estimate of drug-likeness (QED) is 0.661. The molecule has 0 spiro atoms. The molecule has 76 valence electrons. The monoisotopic (exact) mass is 192 g/mol. The van der Waals surface area contributed by atoms with Crippen molar-refractivity contribution >= 4 is 0 Å². The maximum atomic E-state index is 9.71. The Morgan fingerprint density at radius 3 is 3.00 bits per heavy atom. The van der Waals surface area contributed by atoms with Gasteiger partial charge in [-0.3, -0.25) is 0 Å². The maximum Gasteiger partial charge on any atom is 0.120 e. The van der Waals surface area contributed by atoms with Gasteiger partial charge in [0.2, 0.25) is 0 Å². The summed E-state index contributed by atoms with van der Waals surface area (Å²) in [5, 5.41) is 13.1. The third-order valence-electron chi connectivity index (χ3n) is 2.76. The largest absolute Gasteiger partial charge is 0.508 e. The van der Waals surface area contributed by atoms with Crippen molar-refractivity contribution in [3.05, 3.63) is 29.3 Å². The van der Waals surface area contributed by atoms with Crippen LogP contribution in [0.3, 0.4) is 0 Å². The van der Waals surface area contributed by atoms with Crippen LogP contribution in [0.1, 0.15) is 30.0 Å². The molecule has 1 saturated heterocycles. The summed E-state index contributed by atoms with van der Waals surface area (Å²) in [5.41, 5.74) is 7.63. The van der Waals surface area contributed by atoms with Gasteiger partial charge in [0, 0.05) is 18.2 Å². The average molecular weight is 192 g/mol. The van der Waals surface area contributed by atoms with Crippen LogP contribution in [0, 0.1) is 0 Å². The number of hydrogen-bond acceptors (Lipinski definition) is 3. The maximum absolute atomic E-state index is 9.71. The van der Waals surface area contributed by atoms with Crippen molar-refractivity contribution < 1.29 is 5.11 Å². The number of aromatic hydroxyl groups is 1. The van der Waals surface area contributed by atoms with E-state index in [1.807, 2.05) is 12.1 Å². The van der Waals surface area contributed by atoms with Crippen molar-refractivity contribution in [1.29, 1.82) is 0 Å². The molecule has 0 amide bonds. The van der Waals surface area contributed by atoms with Gasteiger partial charge in [-0.15, -0.1) is 0 Å². The van der Waals surface area contributed by atoms with Crippen LogP contribution in [-0.2, 0) is 6.54 Å². The Morgan fingerprint density at radius 1 is 1.50 bits per heavy atom. The molecule has 3 heteroatoms. The molecule has 14 heavy (non-hydrogen) atoms. The molecule has 1 aromatic rings. The Hall–Kier alpha value is -1.06. The van der Waals surface area contributed by atoms with Crippen LogP contribution in [-0.4, -0.2) is 11.7 Å². The second-order valence-corrected chi connectivity index (χ2v) is 3.75. The van der Waals surface area contributed by atoms with Gasteiger partial charge >= 0.3 is 0 Å². The summed E-state index contributed by atoms with van der Waals surface area (Å²) in [6.07, 6.45) is 2.28. The van der Waals surface area contributed by atoms with E-state index < -0.39 is 0 Å². The van der Waals surface area contributed by atoms with E-state index >= 15 is 0 Å². The van der Waals surface area contributed by atoms with E-state index in [0.717, 1.165) is 24.1 Å². The Bertz CT molecular complexity index is 319. The summed E-state index contributed by atoms with van der Waals surface area (Å²) >= 11 is 0. The number of benzene rings is 1. The lowest BCUT2D eigenvalue weighted by molar-refractivity contribution is 0.456. The third-order valence-corrected chi connectivity index (χ3v) is 2.76. The fourth-order valence-corrected chi connectivity index (χ4v) is 1.96. The highest BCUT2D eigenvalue weighted by atomic mass is 16.3. The molecule has 1 aliphatic rings. The first kappa shape index (κ1) is 9.49. The summed E-state index contributed by atoms with van der Waals surface area (Å²) in [5.74, 6) is 0.376. The Labute approximate surface area is 83.9 Å². The van der Waals surface area contributed by atoms with E-state index in [1.165, 1.54) is 6.42 Å². The molecule has 0 radical (unpaired) electrons. The molecule has 2 rings (SSSR count). The van der Waals surface area contributed by atoms with Gasteiger partial charge in [-0.1, -0.05) is 6.07 Å². The molecular formula is C11H16N2O. The van der Waals surface area contributed by atoms with E-state index in [-0.39, 0.29) is 0 Å². The number of rotatable bonds is 2. The minimum Gasteiger partial charge on any atom is -0.508 e. The van der Waals surface area contributed by atoms with Gasteiger partial charge in [0.1, 0.15) is 5.75 Å². The molecule has 0 bridgehead atoms. The van der Waals surface area contributed by atoms with Gasteiger partial charge in [0.15, 0.2) is 0 Å². The van der Waals surface area contributed by atoms with Crippen LogP contribution >= 0.6 is 0 Å². The predicted octanol–water partition coefficient (Wildman–Crippen LogP) is 1.28. The molecule has 1 fully saturated rings. The van der Waals surface area contributed by atoms with Gasteiger partial charge in [0.25, 0.3) is 0 Å². The van der Waals surface area contributed by atoms with E-state index in [4.69, 9.17) is 5.73 Å². The number of phenolic OH excluding ortho intramolecular Hbond substituents is 1. The Morgan fingerprint density at radius 2 is 2.36 bits per heavy atom. The zero-order valence-electron chi connectivity index (χ0n) is 8.16. The number of nitrogens with two attached hydrogens (primary N) is 1. The first-order chi connectivity index (χ1) is 6.81. The lowest BCUT2D eigenvalue weighted by atomic mass is 10.0. The smallest absolute Gasteiger partial charge is 0.120 e. The lowest BCUT2D eigenvalue weighted by Gasteiger charge is -2.13. The zero-order chi connectivity index (χ0) is 9.97. The molecule has 1 unspecified atom stereocenters. The first-order valence-corrected chi connectivity index (χ1v) is 5.06. The average Bonchev–Trinajstić information content (AvgIpc) is 2.71. The topological polar surface area (TPSA) is 58.3 Å². The Kier molecular flexibility index (Phi) is 2.70. The van der Waals surface area contributed by atoms with Gasteiger partial charge in [-0.25, -0.2) is 0 Å². The van der Waals surface area contributed by atoms with Gasteiger partial charge < -0.3 is 16.2 Å². The SMILES string of the molecule is NCc1ccc(O)c(C2CCCN2)c1. The molecule has 0 saturated carbocycles. The van der Waals surface area contributed by atoms with Gasteiger partial charge in [-0.05, 0) is 37.1 Å². The van der Waals surface area contributed by atoms with Crippen LogP contribution in [0.2, 0.25) is 0 Å². The lowest BCUT2D eigenvalue weighted by Crippen LogP contribution is -2.13. The highest BCUT2D eigenvalue weighted by molar-refractivity contribution is 5.38. The summed E-state index contributed by atoms with van der Waals surface area (Å²) in [6.45, 7) is 1.57. The Balaban J connectivity index is 2.29. The van der Waals surface area contributed by atoms with Crippen LogP contribution in [0.4, 0.5) is 0 Å². The fourth-order valence-electron chi connectivity index (χ4n) is 1.96. The van der Waals surface area contributed by atoms with E-state index in [0.29, 0.717) is 18.3 Å². The molecular weight excluding hydrogens is 176 g/mol. The minimum absolute atomic E-state index is 0.307. The minimum atomic E-state index is 0.307. The molecule has 0 aliphatic carbocycles. The van der Waals surface area contributed by atoms with Crippen LogP contribution in [0.25, 0.3) is 0 Å². The number of hydrogen-bond donors (Lipinski definition) is 3. The molecule has 1 atom stereocenters. The first-order valence-electron chi connectivity index (χ1n) is 5.06. The van der Waals surface area contributed by atoms with Crippen molar-refractivity contribution in [2.45, 2.75) is 25.4 Å². The second-order valence-electron chi connectivity index (χ2n) is 3.75. The molecule has 0 aromatic heterocycles. The van der Waals surface area contributed by atoms with E-state index in [2.05, 4.69) is 5.32 Å².